The van der Waals surface area contributed by atoms with Gasteiger partial charge in [0.1, 0.15) is 5.75 Å². The lowest BCUT2D eigenvalue weighted by atomic mass is 10.1. The van der Waals surface area contributed by atoms with Gasteiger partial charge in [-0.3, -0.25) is 0 Å². The molecule has 3 nitrogen and oxygen atoms in total. The fraction of sp³-hybridized carbons (Fsp3) is 0.650. The Morgan fingerprint density at radius 2 is 1.46 bits per heavy atom. The van der Waals surface area contributed by atoms with Gasteiger partial charge in [-0.2, -0.15) is 11.8 Å². The maximum Gasteiger partial charge on any atom is 0.335 e. The van der Waals surface area contributed by atoms with Crippen molar-refractivity contribution >= 4 is 17.7 Å². The molecule has 0 spiro atoms. The molecule has 1 aromatic rings. The zero-order chi connectivity index (χ0) is 17.5. The minimum absolute atomic E-state index is 0.298. The Balaban J connectivity index is 1.87. The van der Waals surface area contributed by atoms with E-state index < -0.39 is 5.97 Å². The molecule has 0 atom stereocenters. The van der Waals surface area contributed by atoms with Crippen LogP contribution in [0.1, 0.15) is 75.1 Å². The van der Waals surface area contributed by atoms with E-state index >= 15 is 0 Å². The second-order valence-corrected chi connectivity index (χ2v) is 7.45. The molecule has 4 heteroatoms. The molecule has 0 fully saturated rings. The van der Waals surface area contributed by atoms with Crippen molar-refractivity contribution in [1.82, 2.24) is 0 Å². The predicted molar refractivity (Wildman–Crippen MR) is 103 cm³/mol. The van der Waals surface area contributed by atoms with E-state index in [2.05, 4.69) is 6.92 Å². The van der Waals surface area contributed by atoms with Crippen LogP contribution in [0.15, 0.2) is 24.3 Å². The van der Waals surface area contributed by atoms with Crippen LogP contribution in [0.3, 0.4) is 0 Å². The average Bonchev–Trinajstić information content (AvgIpc) is 2.59. The molecule has 0 aliphatic carbocycles. The van der Waals surface area contributed by atoms with Gasteiger partial charge in [-0.25, -0.2) is 4.79 Å². The number of carbonyl (C=O) groups is 1. The first-order valence-corrected chi connectivity index (χ1v) is 10.4. The van der Waals surface area contributed by atoms with Crippen molar-refractivity contribution in [2.75, 3.05) is 18.1 Å². The fourth-order valence-electron chi connectivity index (χ4n) is 2.57. The molecule has 1 N–H and O–H groups in total. The van der Waals surface area contributed by atoms with Crippen molar-refractivity contribution < 1.29 is 14.6 Å². The van der Waals surface area contributed by atoms with Crippen LogP contribution in [0.2, 0.25) is 0 Å². The van der Waals surface area contributed by atoms with Crippen LogP contribution < -0.4 is 4.74 Å². The molecule has 0 amide bonds. The molecular formula is C20H32O3S. The van der Waals surface area contributed by atoms with Crippen LogP contribution in [0.5, 0.6) is 5.75 Å². The number of benzene rings is 1. The van der Waals surface area contributed by atoms with Crippen LogP contribution >= 0.6 is 11.8 Å². The van der Waals surface area contributed by atoms with Gasteiger partial charge in [0.05, 0.1) is 12.2 Å². The van der Waals surface area contributed by atoms with E-state index in [-0.39, 0.29) is 0 Å². The molecule has 0 unspecified atom stereocenters. The SMILES string of the molecule is CCSCCCCCCCCCCCOc1ccc(C(=O)O)cc1. The number of thioether (sulfide) groups is 1. The van der Waals surface area contributed by atoms with Crippen molar-refractivity contribution in [2.24, 2.45) is 0 Å². The molecule has 24 heavy (non-hydrogen) atoms. The van der Waals surface area contributed by atoms with E-state index in [9.17, 15) is 4.79 Å². The number of rotatable bonds is 15. The molecule has 0 aliphatic heterocycles. The highest BCUT2D eigenvalue weighted by Gasteiger charge is 2.01. The molecule has 0 aliphatic rings. The van der Waals surface area contributed by atoms with E-state index in [0.29, 0.717) is 12.2 Å². The number of aromatic carboxylic acids is 1. The zero-order valence-electron chi connectivity index (χ0n) is 15.0. The number of hydrogen-bond acceptors (Lipinski definition) is 3. The van der Waals surface area contributed by atoms with E-state index in [1.165, 1.54) is 62.9 Å². The van der Waals surface area contributed by atoms with Crippen molar-refractivity contribution in [3.05, 3.63) is 29.8 Å². The predicted octanol–water partition coefficient (Wildman–Crippen LogP) is 6.03. The quantitative estimate of drug-likeness (QED) is 0.392. The van der Waals surface area contributed by atoms with E-state index in [1.807, 2.05) is 11.8 Å². The van der Waals surface area contributed by atoms with Gasteiger partial charge in [-0.15, -0.1) is 0 Å². The highest BCUT2D eigenvalue weighted by atomic mass is 32.2. The van der Waals surface area contributed by atoms with E-state index in [0.717, 1.165) is 12.2 Å². The van der Waals surface area contributed by atoms with Crippen molar-refractivity contribution in [3.8, 4) is 5.75 Å². The Morgan fingerprint density at radius 1 is 0.917 bits per heavy atom. The third-order valence-corrected chi connectivity index (χ3v) is 4.99. The Kier molecular flexibility index (Phi) is 12.4. The van der Waals surface area contributed by atoms with Crippen molar-refractivity contribution in [1.29, 1.82) is 0 Å². The average molecular weight is 353 g/mol. The normalized spacial score (nSPS) is 10.7. The van der Waals surface area contributed by atoms with Gasteiger partial charge >= 0.3 is 5.97 Å². The Morgan fingerprint density at radius 3 is 2.00 bits per heavy atom. The summed E-state index contributed by atoms with van der Waals surface area (Å²) in [6.07, 6.45) is 11.8. The summed E-state index contributed by atoms with van der Waals surface area (Å²) in [5, 5.41) is 8.83. The smallest absolute Gasteiger partial charge is 0.335 e. The molecule has 0 aromatic heterocycles. The van der Waals surface area contributed by atoms with Crippen LogP contribution in [-0.2, 0) is 0 Å². The van der Waals surface area contributed by atoms with E-state index in [4.69, 9.17) is 9.84 Å². The largest absolute Gasteiger partial charge is 0.494 e. The van der Waals surface area contributed by atoms with Crippen LogP contribution in [0.4, 0.5) is 0 Å². The molecule has 0 saturated heterocycles. The van der Waals surface area contributed by atoms with Crippen molar-refractivity contribution in [2.45, 2.75) is 64.7 Å². The summed E-state index contributed by atoms with van der Waals surface area (Å²) in [5.41, 5.74) is 0.298. The molecule has 1 aromatic carbocycles. The van der Waals surface area contributed by atoms with Gasteiger partial charge in [0.2, 0.25) is 0 Å². The third kappa shape index (κ3) is 10.6. The molecule has 136 valence electrons. The topological polar surface area (TPSA) is 46.5 Å². The molecule has 0 heterocycles. The summed E-state index contributed by atoms with van der Waals surface area (Å²) in [5.74, 6) is 2.43. The number of carboxylic acid groups (broad SMARTS) is 1. The van der Waals surface area contributed by atoms with E-state index in [1.54, 1.807) is 24.3 Å². The molecular weight excluding hydrogens is 320 g/mol. The van der Waals surface area contributed by atoms with Crippen LogP contribution in [-0.4, -0.2) is 29.2 Å². The summed E-state index contributed by atoms with van der Waals surface area (Å²) in [6, 6.07) is 6.61. The van der Waals surface area contributed by atoms with Crippen LogP contribution in [0.25, 0.3) is 0 Å². The molecule has 0 radical (unpaired) electrons. The second-order valence-electron chi connectivity index (χ2n) is 6.06. The first-order valence-electron chi connectivity index (χ1n) is 9.28. The Labute approximate surface area is 151 Å². The van der Waals surface area contributed by atoms with Crippen molar-refractivity contribution in [3.63, 3.8) is 0 Å². The van der Waals surface area contributed by atoms with Gasteiger partial charge in [-0.05, 0) is 48.6 Å². The lowest BCUT2D eigenvalue weighted by molar-refractivity contribution is 0.0697. The Hall–Kier alpha value is -1.16. The van der Waals surface area contributed by atoms with Gasteiger partial charge in [0.15, 0.2) is 0 Å². The molecule has 0 saturated carbocycles. The maximum absolute atomic E-state index is 10.8. The monoisotopic (exact) mass is 352 g/mol. The fourth-order valence-corrected chi connectivity index (χ4v) is 3.27. The minimum Gasteiger partial charge on any atom is -0.494 e. The lowest BCUT2D eigenvalue weighted by Crippen LogP contribution is -1.99. The van der Waals surface area contributed by atoms with Gasteiger partial charge in [0, 0.05) is 0 Å². The number of unbranched alkanes of at least 4 members (excludes halogenated alkanes) is 8. The summed E-state index contributed by atoms with van der Waals surface area (Å²) in [6.45, 7) is 2.94. The van der Waals surface area contributed by atoms with Gasteiger partial charge < -0.3 is 9.84 Å². The number of hydrogen-bond donors (Lipinski definition) is 1. The highest BCUT2D eigenvalue weighted by Crippen LogP contribution is 2.14. The van der Waals surface area contributed by atoms with Gasteiger partial charge in [-0.1, -0.05) is 51.9 Å². The summed E-state index contributed by atoms with van der Waals surface area (Å²) >= 11 is 2.05. The summed E-state index contributed by atoms with van der Waals surface area (Å²) < 4.78 is 5.64. The standard InChI is InChI=1S/C20H32O3S/c1-2-24-17-11-9-7-5-3-4-6-8-10-16-23-19-14-12-18(13-15-19)20(21)22/h12-15H,2-11,16-17H2,1H3,(H,21,22). The minimum atomic E-state index is -0.901. The number of carboxylic acids is 1. The van der Waals surface area contributed by atoms with Crippen LogP contribution in [0, 0.1) is 0 Å². The summed E-state index contributed by atoms with van der Waals surface area (Å²) in [7, 11) is 0. The van der Waals surface area contributed by atoms with Gasteiger partial charge in [0.25, 0.3) is 0 Å². The second kappa shape index (κ2) is 14.2. The lowest BCUT2D eigenvalue weighted by Gasteiger charge is -2.06. The molecule has 1 rings (SSSR count). The third-order valence-electron chi connectivity index (χ3n) is 4.01. The first kappa shape index (κ1) is 20.9. The highest BCUT2D eigenvalue weighted by molar-refractivity contribution is 7.99. The maximum atomic E-state index is 10.8. The molecule has 0 bridgehead atoms. The summed E-state index contributed by atoms with van der Waals surface area (Å²) in [4.78, 5) is 10.8. The zero-order valence-corrected chi connectivity index (χ0v) is 15.8. The first-order chi connectivity index (χ1) is 11.7. The Bertz CT molecular complexity index is 431. The number of ether oxygens (including phenoxy) is 1.